The Kier molecular flexibility index (Phi) is 7.35. The van der Waals surface area contributed by atoms with Crippen LogP contribution >= 0.6 is 23.8 Å². The summed E-state index contributed by atoms with van der Waals surface area (Å²) in [6.07, 6.45) is 2.15. The largest absolute Gasteiger partial charge is 0.491 e. The first kappa shape index (κ1) is 18.6. The number of hydrogen-bond donors (Lipinski definition) is 2. The van der Waals surface area contributed by atoms with Gasteiger partial charge >= 0.3 is 0 Å². The number of rotatable bonds is 7. The summed E-state index contributed by atoms with van der Waals surface area (Å²) in [7, 11) is 0. The van der Waals surface area contributed by atoms with Gasteiger partial charge < -0.3 is 15.4 Å². The summed E-state index contributed by atoms with van der Waals surface area (Å²) < 4.78 is 5.72. The van der Waals surface area contributed by atoms with E-state index in [1.54, 1.807) is 0 Å². The molecule has 0 atom stereocenters. The minimum absolute atomic E-state index is 0.192. The molecule has 0 fully saturated rings. The lowest BCUT2D eigenvalue weighted by Crippen LogP contribution is -2.29. The smallest absolute Gasteiger partial charge is 0.170 e. The highest BCUT2D eigenvalue weighted by molar-refractivity contribution is 7.80. The molecule has 128 valence electrons. The topological polar surface area (TPSA) is 33.3 Å². The molecule has 0 aliphatic heterocycles. The minimum Gasteiger partial charge on any atom is -0.491 e. The number of ether oxygens (including phenoxy) is 1. The van der Waals surface area contributed by atoms with Crippen LogP contribution in [0, 0.1) is 0 Å². The molecule has 2 N–H and O–H groups in total. The molecule has 0 unspecified atom stereocenters. The molecule has 5 heteroatoms. The van der Waals surface area contributed by atoms with Crippen molar-refractivity contribution in [1.82, 2.24) is 5.32 Å². The second-order valence-electron chi connectivity index (χ2n) is 5.81. The van der Waals surface area contributed by atoms with E-state index in [-0.39, 0.29) is 6.10 Å². The average molecular weight is 363 g/mol. The second-order valence-corrected chi connectivity index (χ2v) is 6.65. The number of benzene rings is 2. The van der Waals surface area contributed by atoms with Crippen LogP contribution in [-0.2, 0) is 6.42 Å². The van der Waals surface area contributed by atoms with Gasteiger partial charge in [-0.1, -0.05) is 29.8 Å². The van der Waals surface area contributed by atoms with E-state index in [9.17, 15) is 0 Å². The molecule has 0 spiro atoms. The third-order valence-electron chi connectivity index (χ3n) is 3.28. The summed E-state index contributed by atoms with van der Waals surface area (Å²) in [5.74, 6) is 0.925. The number of nitrogens with one attached hydrogen (secondary N) is 2. The van der Waals surface area contributed by atoms with E-state index in [0.717, 1.165) is 30.8 Å². The van der Waals surface area contributed by atoms with Gasteiger partial charge in [0, 0.05) is 17.3 Å². The van der Waals surface area contributed by atoms with Gasteiger partial charge in [0.15, 0.2) is 5.11 Å². The van der Waals surface area contributed by atoms with E-state index in [0.29, 0.717) is 10.1 Å². The molecule has 0 bridgehead atoms. The molecule has 0 saturated carbocycles. The van der Waals surface area contributed by atoms with Crippen molar-refractivity contribution in [3.8, 4) is 5.75 Å². The van der Waals surface area contributed by atoms with Crippen molar-refractivity contribution >= 4 is 34.6 Å². The fourth-order valence-corrected chi connectivity index (χ4v) is 2.69. The van der Waals surface area contributed by atoms with Crippen LogP contribution in [-0.4, -0.2) is 17.8 Å². The van der Waals surface area contributed by atoms with Crippen LogP contribution in [0.15, 0.2) is 48.5 Å². The van der Waals surface area contributed by atoms with Crippen molar-refractivity contribution in [3.63, 3.8) is 0 Å². The first-order chi connectivity index (χ1) is 11.5. The van der Waals surface area contributed by atoms with Crippen molar-refractivity contribution in [1.29, 1.82) is 0 Å². The molecule has 3 nitrogen and oxygen atoms in total. The van der Waals surface area contributed by atoms with Crippen LogP contribution in [0.1, 0.15) is 25.8 Å². The lowest BCUT2D eigenvalue weighted by Gasteiger charge is -2.12. The highest BCUT2D eigenvalue weighted by Gasteiger charge is 2.01. The van der Waals surface area contributed by atoms with Gasteiger partial charge in [0.1, 0.15) is 5.75 Å². The molecule has 2 aromatic carbocycles. The predicted molar refractivity (Wildman–Crippen MR) is 106 cm³/mol. The maximum Gasteiger partial charge on any atom is 0.170 e. The fraction of sp³-hybridized carbons (Fsp3) is 0.316. The van der Waals surface area contributed by atoms with Crippen LogP contribution in [0.4, 0.5) is 5.69 Å². The zero-order chi connectivity index (χ0) is 17.4. The van der Waals surface area contributed by atoms with Gasteiger partial charge in [-0.15, -0.1) is 0 Å². The number of hydrogen-bond acceptors (Lipinski definition) is 2. The molecule has 0 amide bonds. The summed E-state index contributed by atoms with van der Waals surface area (Å²) in [4.78, 5) is 0. The van der Waals surface area contributed by atoms with Gasteiger partial charge in [-0.3, -0.25) is 0 Å². The SMILES string of the molecule is CC(C)Oc1cccc(CCCNC(=S)Nc2cccc(Cl)c2)c1. The first-order valence-electron chi connectivity index (χ1n) is 8.09. The Morgan fingerprint density at radius 1 is 1.17 bits per heavy atom. The summed E-state index contributed by atoms with van der Waals surface area (Å²) in [5.41, 5.74) is 2.15. The molecule has 0 heterocycles. The highest BCUT2D eigenvalue weighted by Crippen LogP contribution is 2.16. The molecular formula is C19H23ClN2OS. The third-order valence-corrected chi connectivity index (χ3v) is 3.76. The quantitative estimate of drug-likeness (QED) is 0.533. The maximum atomic E-state index is 5.95. The van der Waals surface area contributed by atoms with Gasteiger partial charge in [0.25, 0.3) is 0 Å². The molecule has 2 rings (SSSR count). The van der Waals surface area contributed by atoms with E-state index in [1.165, 1.54) is 5.56 Å². The highest BCUT2D eigenvalue weighted by atomic mass is 35.5. The van der Waals surface area contributed by atoms with Gasteiger partial charge in [0.2, 0.25) is 0 Å². The second kappa shape index (κ2) is 9.50. The average Bonchev–Trinajstić information content (AvgIpc) is 2.51. The Labute approximate surface area is 154 Å². The number of halogens is 1. The van der Waals surface area contributed by atoms with Crippen molar-refractivity contribution in [3.05, 3.63) is 59.1 Å². The van der Waals surface area contributed by atoms with Crippen molar-refractivity contribution in [2.45, 2.75) is 32.8 Å². The van der Waals surface area contributed by atoms with E-state index >= 15 is 0 Å². The standard InChI is InChI=1S/C19H23ClN2OS/c1-14(2)23-18-10-3-6-15(12-18)7-5-11-21-19(24)22-17-9-4-8-16(20)13-17/h3-4,6,8-10,12-14H,5,7,11H2,1-2H3,(H2,21,22,24). The van der Waals surface area contributed by atoms with E-state index < -0.39 is 0 Å². The molecule has 0 aromatic heterocycles. The zero-order valence-corrected chi connectivity index (χ0v) is 15.6. The monoisotopic (exact) mass is 362 g/mol. The minimum atomic E-state index is 0.192. The molecule has 24 heavy (non-hydrogen) atoms. The Balaban J connectivity index is 1.71. The van der Waals surface area contributed by atoms with Crippen LogP contribution < -0.4 is 15.4 Å². The molecule has 0 saturated heterocycles. The van der Waals surface area contributed by atoms with Crippen molar-refractivity contribution < 1.29 is 4.74 Å². The molecule has 2 aromatic rings. The van der Waals surface area contributed by atoms with Gasteiger partial charge in [-0.05, 0) is 74.8 Å². The number of anilines is 1. The van der Waals surface area contributed by atoms with Crippen molar-refractivity contribution in [2.24, 2.45) is 0 Å². The van der Waals surface area contributed by atoms with Crippen LogP contribution in [0.25, 0.3) is 0 Å². The summed E-state index contributed by atoms with van der Waals surface area (Å²) >= 11 is 11.2. The number of thiocarbonyl (C=S) groups is 1. The number of aryl methyl sites for hydroxylation is 1. The zero-order valence-electron chi connectivity index (χ0n) is 14.0. The lowest BCUT2D eigenvalue weighted by atomic mass is 10.1. The van der Waals surface area contributed by atoms with Crippen molar-refractivity contribution in [2.75, 3.05) is 11.9 Å². The van der Waals surface area contributed by atoms with E-state index in [2.05, 4.69) is 22.8 Å². The van der Waals surface area contributed by atoms with Gasteiger partial charge in [-0.25, -0.2) is 0 Å². The Bertz CT molecular complexity index is 676. The normalized spacial score (nSPS) is 10.5. The third kappa shape index (κ3) is 6.77. The van der Waals surface area contributed by atoms with Crippen LogP contribution in [0.5, 0.6) is 5.75 Å². The summed E-state index contributed by atoms with van der Waals surface area (Å²) in [5, 5.41) is 7.63. The van der Waals surface area contributed by atoms with Gasteiger partial charge in [-0.2, -0.15) is 0 Å². The van der Waals surface area contributed by atoms with E-state index in [1.807, 2.05) is 50.2 Å². The predicted octanol–water partition coefficient (Wildman–Crippen LogP) is 5.05. The van der Waals surface area contributed by atoms with E-state index in [4.69, 9.17) is 28.6 Å². The Hall–Kier alpha value is -1.78. The van der Waals surface area contributed by atoms with Crippen LogP contribution in [0.2, 0.25) is 5.02 Å². The summed E-state index contributed by atoms with van der Waals surface area (Å²) in [6.45, 7) is 4.87. The molecule has 0 aliphatic carbocycles. The lowest BCUT2D eigenvalue weighted by molar-refractivity contribution is 0.242. The summed E-state index contributed by atoms with van der Waals surface area (Å²) in [6, 6.07) is 15.7. The van der Waals surface area contributed by atoms with Gasteiger partial charge in [0.05, 0.1) is 6.10 Å². The van der Waals surface area contributed by atoms with Crippen LogP contribution in [0.3, 0.4) is 0 Å². The molecule has 0 radical (unpaired) electrons. The Morgan fingerprint density at radius 2 is 1.96 bits per heavy atom. The first-order valence-corrected chi connectivity index (χ1v) is 8.87. The maximum absolute atomic E-state index is 5.95. The molecule has 0 aliphatic rings. The molecular weight excluding hydrogens is 340 g/mol. The Morgan fingerprint density at radius 3 is 2.71 bits per heavy atom. The fourth-order valence-electron chi connectivity index (χ4n) is 2.28.